The van der Waals surface area contributed by atoms with Crippen molar-refractivity contribution >= 4 is 23.2 Å². The summed E-state index contributed by atoms with van der Waals surface area (Å²) >= 11 is 6.05. The first-order chi connectivity index (χ1) is 13.4. The van der Waals surface area contributed by atoms with E-state index in [-0.39, 0.29) is 5.02 Å². The lowest BCUT2D eigenvalue weighted by Crippen LogP contribution is -2.47. The van der Waals surface area contributed by atoms with Crippen molar-refractivity contribution in [1.82, 2.24) is 24.7 Å². The Balaban J connectivity index is 1.46. The Bertz CT molecular complexity index is 954. The highest BCUT2D eigenvalue weighted by Gasteiger charge is 2.32. The van der Waals surface area contributed by atoms with Gasteiger partial charge in [-0.15, -0.1) is 0 Å². The van der Waals surface area contributed by atoms with Crippen molar-refractivity contribution in [3.63, 3.8) is 0 Å². The summed E-state index contributed by atoms with van der Waals surface area (Å²) in [5.41, 5.74) is -0.855. The predicted octanol–water partition coefficient (Wildman–Crippen LogP) is 3.06. The molecule has 0 saturated carbocycles. The average molecular weight is 410 g/mol. The third-order valence-corrected chi connectivity index (χ3v) is 4.71. The lowest BCUT2D eigenvalue weighted by Gasteiger charge is -2.36. The average Bonchev–Trinajstić information content (AvgIpc) is 3.22. The maximum absolute atomic E-state index is 12.8. The smallest absolute Gasteiger partial charge is 0.353 e. The second kappa shape index (κ2) is 7.27. The fraction of sp³-hybridized carbons (Fsp3) is 0.294. The molecule has 1 fully saturated rings. The molecule has 0 atom stereocenters. The van der Waals surface area contributed by atoms with E-state index < -0.39 is 11.7 Å². The summed E-state index contributed by atoms with van der Waals surface area (Å²) in [7, 11) is 0. The SMILES string of the molecule is FC(F)(F)c1cnc(N2CCN(c3cc(-n4cccn4)ncn3)CC2)c(Cl)c1. The second-order valence-corrected chi connectivity index (χ2v) is 6.59. The Labute approximate surface area is 163 Å². The van der Waals surface area contributed by atoms with Crippen LogP contribution in [0.25, 0.3) is 5.82 Å². The van der Waals surface area contributed by atoms with Crippen molar-refractivity contribution in [1.29, 1.82) is 0 Å². The van der Waals surface area contributed by atoms with Crippen molar-refractivity contribution in [3.05, 3.63) is 53.7 Å². The molecule has 0 unspecified atom stereocenters. The van der Waals surface area contributed by atoms with E-state index >= 15 is 0 Å². The standard InChI is InChI=1S/C17H15ClF3N7/c18-13-8-12(17(19,20)21)10-22-16(13)27-6-4-26(5-7-27)14-9-15(24-11-23-14)28-3-1-2-25-28/h1-3,8-11H,4-7H2. The van der Waals surface area contributed by atoms with Gasteiger partial charge in [0.15, 0.2) is 5.82 Å². The molecule has 0 bridgehead atoms. The number of halogens is 4. The first-order valence-electron chi connectivity index (χ1n) is 8.46. The van der Waals surface area contributed by atoms with Gasteiger partial charge < -0.3 is 9.80 Å². The lowest BCUT2D eigenvalue weighted by molar-refractivity contribution is -0.137. The Morgan fingerprint density at radius 1 is 0.929 bits per heavy atom. The van der Waals surface area contributed by atoms with Crippen LogP contribution in [0.3, 0.4) is 0 Å². The van der Waals surface area contributed by atoms with Crippen LogP contribution in [0.1, 0.15) is 5.56 Å². The summed E-state index contributed by atoms with van der Waals surface area (Å²) in [5, 5.41) is 4.15. The van der Waals surface area contributed by atoms with Gasteiger partial charge in [-0.05, 0) is 12.1 Å². The number of nitrogens with zero attached hydrogens (tertiary/aromatic N) is 7. The van der Waals surface area contributed by atoms with Crippen molar-refractivity contribution in [2.75, 3.05) is 36.0 Å². The van der Waals surface area contributed by atoms with Gasteiger partial charge in [0.2, 0.25) is 0 Å². The number of rotatable bonds is 3. The molecule has 1 saturated heterocycles. The molecule has 3 aromatic rings. The van der Waals surface area contributed by atoms with Crippen LogP contribution in [-0.2, 0) is 6.18 Å². The van der Waals surface area contributed by atoms with E-state index in [0.29, 0.717) is 37.8 Å². The predicted molar refractivity (Wildman–Crippen MR) is 97.8 cm³/mol. The minimum Gasteiger partial charge on any atom is -0.353 e. The van der Waals surface area contributed by atoms with Crippen LogP contribution in [0.5, 0.6) is 0 Å². The Morgan fingerprint density at radius 3 is 2.29 bits per heavy atom. The van der Waals surface area contributed by atoms with Crippen LogP contribution in [0.2, 0.25) is 5.02 Å². The van der Waals surface area contributed by atoms with Crippen molar-refractivity contribution in [2.45, 2.75) is 6.18 Å². The van der Waals surface area contributed by atoms with Gasteiger partial charge in [0, 0.05) is 50.8 Å². The van der Waals surface area contributed by atoms with E-state index in [4.69, 9.17) is 11.6 Å². The van der Waals surface area contributed by atoms with Crippen LogP contribution < -0.4 is 9.80 Å². The van der Waals surface area contributed by atoms with E-state index in [1.165, 1.54) is 6.33 Å². The molecule has 7 nitrogen and oxygen atoms in total. The minimum absolute atomic E-state index is 0.00807. The number of hydrogen-bond donors (Lipinski definition) is 0. The summed E-state index contributed by atoms with van der Waals surface area (Å²) in [6.07, 6.45) is 1.29. The molecular weight excluding hydrogens is 395 g/mol. The van der Waals surface area contributed by atoms with Gasteiger partial charge in [0.05, 0.1) is 10.6 Å². The topological polar surface area (TPSA) is 63.0 Å². The molecule has 0 spiro atoms. The van der Waals surface area contributed by atoms with Crippen molar-refractivity contribution in [2.24, 2.45) is 0 Å². The van der Waals surface area contributed by atoms with Gasteiger partial charge in [-0.2, -0.15) is 18.3 Å². The molecule has 0 amide bonds. The first kappa shape index (κ1) is 18.5. The van der Waals surface area contributed by atoms with Gasteiger partial charge in [-0.3, -0.25) is 0 Å². The maximum atomic E-state index is 12.8. The summed E-state index contributed by atoms with van der Waals surface area (Å²) in [6, 6.07) is 4.56. The zero-order valence-electron chi connectivity index (χ0n) is 14.5. The highest BCUT2D eigenvalue weighted by atomic mass is 35.5. The van der Waals surface area contributed by atoms with E-state index in [2.05, 4.69) is 25.0 Å². The lowest BCUT2D eigenvalue weighted by atomic mass is 10.2. The highest BCUT2D eigenvalue weighted by Crippen LogP contribution is 2.33. The van der Waals surface area contributed by atoms with Crippen LogP contribution in [0, 0.1) is 0 Å². The van der Waals surface area contributed by atoms with Crippen molar-refractivity contribution < 1.29 is 13.2 Å². The number of aromatic nitrogens is 5. The van der Waals surface area contributed by atoms with Crippen LogP contribution >= 0.6 is 11.6 Å². The molecule has 1 aliphatic heterocycles. The fourth-order valence-electron chi connectivity index (χ4n) is 3.01. The molecule has 28 heavy (non-hydrogen) atoms. The van der Waals surface area contributed by atoms with Gasteiger partial charge in [-0.25, -0.2) is 19.6 Å². The number of anilines is 2. The third kappa shape index (κ3) is 3.72. The first-order valence-corrected chi connectivity index (χ1v) is 8.84. The number of pyridine rings is 1. The summed E-state index contributed by atoms with van der Waals surface area (Å²) in [6.45, 7) is 2.35. The van der Waals surface area contributed by atoms with Gasteiger partial charge in [0.1, 0.15) is 18.0 Å². The minimum atomic E-state index is -4.47. The molecule has 0 radical (unpaired) electrons. The quantitative estimate of drug-likeness (QED) is 0.662. The molecular formula is C17H15ClF3N7. The van der Waals surface area contributed by atoms with E-state index in [1.807, 2.05) is 11.0 Å². The van der Waals surface area contributed by atoms with Crippen LogP contribution in [0.15, 0.2) is 43.1 Å². The summed E-state index contributed by atoms with van der Waals surface area (Å²) < 4.78 is 40.0. The maximum Gasteiger partial charge on any atom is 0.417 e. The molecule has 3 aromatic heterocycles. The molecule has 0 aliphatic carbocycles. The molecule has 0 aromatic carbocycles. The van der Waals surface area contributed by atoms with Gasteiger partial charge in [0.25, 0.3) is 0 Å². The normalized spacial score (nSPS) is 15.1. The largest absolute Gasteiger partial charge is 0.417 e. The third-order valence-electron chi connectivity index (χ3n) is 4.43. The Morgan fingerprint density at radius 2 is 1.64 bits per heavy atom. The second-order valence-electron chi connectivity index (χ2n) is 6.19. The zero-order chi connectivity index (χ0) is 19.7. The van der Waals surface area contributed by atoms with Gasteiger partial charge in [-0.1, -0.05) is 11.6 Å². The number of alkyl halides is 3. The molecule has 0 N–H and O–H groups in total. The molecule has 11 heteroatoms. The number of piperazine rings is 1. The Kier molecular flexibility index (Phi) is 4.80. The molecule has 4 rings (SSSR count). The zero-order valence-corrected chi connectivity index (χ0v) is 15.3. The van der Waals surface area contributed by atoms with E-state index in [0.717, 1.165) is 18.1 Å². The van der Waals surface area contributed by atoms with Crippen LogP contribution in [0.4, 0.5) is 24.8 Å². The highest BCUT2D eigenvalue weighted by molar-refractivity contribution is 6.33. The van der Waals surface area contributed by atoms with E-state index in [9.17, 15) is 13.2 Å². The number of hydrogen-bond acceptors (Lipinski definition) is 6. The molecule has 146 valence electrons. The van der Waals surface area contributed by atoms with Crippen molar-refractivity contribution in [3.8, 4) is 5.82 Å². The summed E-state index contributed by atoms with van der Waals surface area (Å²) in [4.78, 5) is 16.4. The monoisotopic (exact) mass is 409 g/mol. The van der Waals surface area contributed by atoms with Gasteiger partial charge >= 0.3 is 6.18 Å². The van der Waals surface area contributed by atoms with E-state index in [1.54, 1.807) is 23.1 Å². The fourth-order valence-corrected chi connectivity index (χ4v) is 3.29. The summed E-state index contributed by atoms with van der Waals surface area (Å²) in [5.74, 6) is 1.77. The Hall–Kier alpha value is -2.88. The molecule has 1 aliphatic rings. The van der Waals surface area contributed by atoms with Crippen LogP contribution in [-0.4, -0.2) is 50.9 Å². The molecule has 4 heterocycles.